The Morgan fingerprint density at radius 3 is 1.95 bits per heavy atom. The highest BCUT2D eigenvalue weighted by atomic mass is 15.4. The van der Waals surface area contributed by atoms with Crippen LogP contribution in [0.2, 0.25) is 0 Å². The zero-order valence-electron chi connectivity index (χ0n) is 14.7. The highest BCUT2D eigenvalue weighted by Gasteiger charge is 2.26. The van der Waals surface area contributed by atoms with Crippen molar-refractivity contribution in [2.45, 2.75) is 84.2 Å². The molecule has 0 aromatic rings. The van der Waals surface area contributed by atoms with Gasteiger partial charge in [0.15, 0.2) is 0 Å². The summed E-state index contributed by atoms with van der Waals surface area (Å²) < 4.78 is 0. The van der Waals surface area contributed by atoms with Crippen molar-refractivity contribution in [3.8, 4) is 0 Å². The molecular formula is C19H38N2. The summed E-state index contributed by atoms with van der Waals surface area (Å²) in [5, 5.41) is 0. The first-order chi connectivity index (χ1) is 10.3. The fourth-order valence-corrected chi connectivity index (χ4v) is 3.37. The maximum atomic E-state index is 3.85. The molecule has 21 heavy (non-hydrogen) atoms. The summed E-state index contributed by atoms with van der Waals surface area (Å²) in [5.74, 6) is 0. The van der Waals surface area contributed by atoms with Crippen LogP contribution >= 0.6 is 0 Å². The quantitative estimate of drug-likeness (QED) is 0.346. The topological polar surface area (TPSA) is 6.48 Å². The molecule has 0 radical (unpaired) electrons. The fourth-order valence-electron chi connectivity index (χ4n) is 3.37. The van der Waals surface area contributed by atoms with Crippen molar-refractivity contribution in [3.63, 3.8) is 0 Å². The minimum atomic E-state index is 0.613. The van der Waals surface area contributed by atoms with Crippen LogP contribution in [0.4, 0.5) is 0 Å². The summed E-state index contributed by atoms with van der Waals surface area (Å²) in [6.45, 7) is 13.3. The number of rotatable bonds is 13. The molecule has 0 aromatic heterocycles. The molecule has 0 N–H and O–H groups in total. The van der Waals surface area contributed by atoms with Crippen molar-refractivity contribution in [3.05, 3.63) is 12.7 Å². The van der Waals surface area contributed by atoms with Gasteiger partial charge in [-0.25, -0.2) is 0 Å². The van der Waals surface area contributed by atoms with Crippen LogP contribution in [0.25, 0.3) is 0 Å². The molecule has 0 bridgehead atoms. The lowest BCUT2D eigenvalue weighted by molar-refractivity contribution is 0.162. The molecule has 1 saturated heterocycles. The Balaban J connectivity index is 1.89. The molecule has 124 valence electrons. The van der Waals surface area contributed by atoms with Crippen molar-refractivity contribution < 1.29 is 0 Å². The van der Waals surface area contributed by atoms with E-state index in [0.29, 0.717) is 6.17 Å². The average Bonchev–Trinajstić information content (AvgIpc) is 2.83. The van der Waals surface area contributed by atoms with Crippen LogP contribution in [0, 0.1) is 0 Å². The van der Waals surface area contributed by atoms with E-state index in [0.717, 1.165) is 6.54 Å². The summed E-state index contributed by atoms with van der Waals surface area (Å²) in [6, 6.07) is 0. The van der Waals surface area contributed by atoms with Crippen LogP contribution in [-0.2, 0) is 0 Å². The van der Waals surface area contributed by atoms with Gasteiger partial charge in [0.2, 0.25) is 0 Å². The highest BCUT2D eigenvalue weighted by Crippen LogP contribution is 2.16. The van der Waals surface area contributed by atoms with E-state index < -0.39 is 0 Å². The van der Waals surface area contributed by atoms with E-state index in [9.17, 15) is 0 Å². The van der Waals surface area contributed by atoms with E-state index in [1.54, 1.807) is 0 Å². The molecule has 0 spiro atoms. The van der Waals surface area contributed by atoms with Crippen LogP contribution < -0.4 is 0 Å². The van der Waals surface area contributed by atoms with Gasteiger partial charge in [0.05, 0.1) is 6.17 Å². The molecule has 0 aromatic carbocycles. The molecular weight excluding hydrogens is 256 g/mol. The monoisotopic (exact) mass is 294 g/mol. The van der Waals surface area contributed by atoms with Gasteiger partial charge in [-0.3, -0.25) is 9.80 Å². The summed E-state index contributed by atoms with van der Waals surface area (Å²) in [7, 11) is 0. The maximum absolute atomic E-state index is 3.85. The Morgan fingerprint density at radius 2 is 1.38 bits per heavy atom. The van der Waals surface area contributed by atoms with Crippen molar-refractivity contribution in [1.82, 2.24) is 9.80 Å². The first-order valence-corrected chi connectivity index (χ1v) is 9.38. The van der Waals surface area contributed by atoms with Crippen LogP contribution in [0.1, 0.15) is 78.1 Å². The van der Waals surface area contributed by atoms with Gasteiger partial charge in [-0.2, -0.15) is 0 Å². The van der Waals surface area contributed by atoms with Crippen molar-refractivity contribution in [1.29, 1.82) is 0 Å². The maximum Gasteiger partial charge on any atom is 0.0597 e. The van der Waals surface area contributed by atoms with Gasteiger partial charge in [0, 0.05) is 19.6 Å². The molecule has 0 saturated carbocycles. The molecule has 1 aliphatic rings. The molecule has 1 heterocycles. The molecule has 1 aliphatic heterocycles. The van der Waals surface area contributed by atoms with E-state index in [1.807, 2.05) is 6.08 Å². The van der Waals surface area contributed by atoms with Crippen molar-refractivity contribution >= 4 is 0 Å². The van der Waals surface area contributed by atoms with Gasteiger partial charge in [-0.15, -0.1) is 6.58 Å². The third-order valence-corrected chi connectivity index (χ3v) is 4.89. The van der Waals surface area contributed by atoms with Gasteiger partial charge in [0.1, 0.15) is 0 Å². The molecule has 1 rings (SSSR count). The van der Waals surface area contributed by atoms with E-state index in [1.165, 1.54) is 83.8 Å². The number of unbranched alkanes of at least 4 members (excludes halogenated alkanes) is 9. The van der Waals surface area contributed by atoms with E-state index in [-0.39, 0.29) is 0 Å². The van der Waals surface area contributed by atoms with E-state index in [4.69, 9.17) is 0 Å². The van der Waals surface area contributed by atoms with Crippen molar-refractivity contribution in [2.75, 3.05) is 26.2 Å². The first kappa shape index (κ1) is 18.7. The smallest absolute Gasteiger partial charge is 0.0597 e. The Labute approximate surface area is 133 Å². The molecule has 2 nitrogen and oxygen atoms in total. The Hall–Kier alpha value is -0.340. The standard InChI is InChI=1S/C19H38N2/c1-4-6-7-8-9-10-11-12-13-14-16-21-18-17-20(15-5-2)19(21)3/h5,19H,2,4,6-18H2,1,3H3. The SMILES string of the molecule is C=CCN1CCN(CCCCCCCCCCCC)C1C. The summed E-state index contributed by atoms with van der Waals surface area (Å²) in [6.07, 6.45) is 16.9. The average molecular weight is 295 g/mol. The van der Waals surface area contributed by atoms with Gasteiger partial charge >= 0.3 is 0 Å². The third kappa shape index (κ3) is 8.01. The minimum Gasteiger partial charge on any atom is -0.287 e. The minimum absolute atomic E-state index is 0.613. The van der Waals surface area contributed by atoms with Gasteiger partial charge in [-0.05, 0) is 19.9 Å². The zero-order valence-corrected chi connectivity index (χ0v) is 14.7. The van der Waals surface area contributed by atoms with Gasteiger partial charge < -0.3 is 0 Å². The van der Waals surface area contributed by atoms with Gasteiger partial charge in [0.25, 0.3) is 0 Å². The summed E-state index contributed by atoms with van der Waals surface area (Å²) in [5.41, 5.74) is 0. The van der Waals surface area contributed by atoms with E-state index >= 15 is 0 Å². The molecule has 0 aliphatic carbocycles. The predicted molar refractivity (Wildman–Crippen MR) is 94.6 cm³/mol. The van der Waals surface area contributed by atoms with Crippen molar-refractivity contribution in [2.24, 2.45) is 0 Å². The summed E-state index contributed by atoms with van der Waals surface area (Å²) in [4.78, 5) is 5.15. The molecule has 1 atom stereocenters. The summed E-state index contributed by atoms with van der Waals surface area (Å²) >= 11 is 0. The lowest BCUT2D eigenvalue weighted by Gasteiger charge is -2.26. The highest BCUT2D eigenvalue weighted by molar-refractivity contribution is 4.83. The lowest BCUT2D eigenvalue weighted by atomic mass is 10.1. The third-order valence-electron chi connectivity index (χ3n) is 4.89. The number of hydrogen-bond donors (Lipinski definition) is 0. The molecule has 0 amide bonds. The fraction of sp³-hybridized carbons (Fsp3) is 0.895. The predicted octanol–water partition coefficient (Wildman–Crippen LogP) is 5.06. The van der Waals surface area contributed by atoms with Gasteiger partial charge in [-0.1, -0.05) is 70.8 Å². The Kier molecular flexibility index (Phi) is 10.9. The van der Waals surface area contributed by atoms with Crippen LogP contribution in [0.3, 0.4) is 0 Å². The normalized spacial score (nSPS) is 20.2. The largest absolute Gasteiger partial charge is 0.287 e. The lowest BCUT2D eigenvalue weighted by Crippen LogP contribution is -2.36. The number of hydrogen-bond acceptors (Lipinski definition) is 2. The van der Waals surface area contributed by atoms with Crippen LogP contribution in [0.15, 0.2) is 12.7 Å². The van der Waals surface area contributed by atoms with E-state index in [2.05, 4.69) is 30.2 Å². The zero-order chi connectivity index (χ0) is 15.3. The van der Waals surface area contributed by atoms with Crippen LogP contribution in [0.5, 0.6) is 0 Å². The molecule has 1 fully saturated rings. The second-order valence-electron chi connectivity index (χ2n) is 6.63. The molecule has 1 unspecified atom stereocenters. The Bertz CT molecular complexity index is 252. The first-order valence-electron chi connectivity index (χ1n) is 9.38. The Morgan fingerprint density at radius 1 is 0.857 bits per heavy atom. The number of nitrogens with zero attached hydrogens (tertiary/aromatic N) is 2. The molecule has 2 heteroatoms. The van der Waals surface area contributed by atoms with Crippen LogP contribution in [-0.4, -0.2) is 42.1 Å². The second-order valence-corrected chi connectivity index (χ2v) is 6.63. The second kappa shape index (κ2) is 12.2.